The number of hydrogen-bond donors (Lipinski definition) is 2. The summed E-state index contributed by atoms with van der Waals surface area (Å²) in [6.45, 7) is 5.78. The molecule has 3 N–H and O–H groups in total. The van der Waals surface area contributed by atoms with Gasteiger partial charge in [0.15, 0.2) is 0 Å². The smallest absolute Gasteiger partial charge is 0.241 e. The van der Waals surface area contributed by atoms with Crippen molar-refractivity contribution in [3.63, 3.8) is 0 Å². The molecule has 8 heteroatoms. The number of nitrogens with zero attached hydrogens (tertiary/aromatic N) is 1. The molecule has 1 heterocycles. The van der Waals surface area contributed by atoms with Crippen LogP contribution >= 0.6 is 0 Å². The first kappa shape index (κ1) is 20.7. The first-order valence-corrected chi connectivity index (χ1v) is 11.0. The minimum atomic E-state index is -3.13. The molecule has 1 saturated heterocycles. The Hall–Kier alpha value is -1.64. The van der Waals surface area contributed by atoms with Gasteiger partial charge in [-0.05, 0) is 63.0 Å². The molecule has 1 aliphatic rings. The second-order valence-corrected chi connectivity index (χ2v) is 9.15. The predicted octanol–water partition coefficient (Wildman–Crippen LogP) is 1.17. The third kappa shape index (κ3) is 6.93. The number of amides is 1. The number of nitrogens with two attached hydrogens (primary N) is 1. The molecule has 26 heavy (non-hydrogen) atoms. The number of aryl methyl sites for hydroxylation is 1. The summed E-state index contributed by atoms with van der Waals surface area (Å²) < 4.78 is 28.2. The summed E-state index contributed by atoms with van der Waals surface area (Å²) in [4.78, 5) is 14.5. The number of nitrogens with one attached hydrogen (secondary N) is 1. The fourth-order valence-corrected chi connectivity index (χ4v) is 3.57. The van der Waals surface area contributed by atoms with Gasteiger partial charge in [-0.1, -0.05) is 0 Å². The number of sulfone groups is 1. The van der Waals surface area contributed by atoms with Crippen molar-refractivity contribution >= 4 is 21.4 Å². The number of hydrogen-bond acceptors (Lipinski definition) is 6. The maximum atomic E-state index is 12.1. The topological polar surface area (TPSA) is 102 Å². The Morgan fingerprint density at radius 1 is 1.35 bits per heavy atom. The number of carbonyl (C=O) groups excluding carboxylic acids is 1. The van der Waals surface area contributed by atoms with E-state index in [1.54, 1.807) is 6.07 Å². The van der Waals surface area contributed by atoms with Crippen LogP contribution in [0.1, 0.15) is 24.8 Å². The average Bonchev–Trinajstić information content (AvgIpc) is 3.07. The number of anilines is 1. The van der Waals surface area contributed by atoms with Gasteiger partial charge in [-0.15, -0.1) is 0 Å². The Labute approximate surface area is 155 Å². The molecule has 1 fully saturated rings. The zero-order valence-electron chi connectivity index (χ0n) is 15.5. The van der Waals surface area contributed by atoms with E-state index in [1.807, 2.05) is 19.1 Å². The standard InChI is InChI=1S/C18H29N3O4S/c1-14-13-15(20-18(22)16(19)7-12-26(2,23)24)5-6-17(14)25-11-10-21-8-3-4-9-21/h5-6,13,16H,3-4,7-12,19H2,1-2H3,(H,20,22). The summed E-state index contributed by atoms with van der Waals surface area (Å²) in [6.07, 6.45) is 3.75. The summed E-state index contributed by atoms with van der Waals surface area (Å²) in [5.41, 5.74) is 7.30. The van der Waals surface area contributed by atoms with Gasteiger partial charge in [-0.3, -0.25) is 9.69 Å². The second kappa shape index (κ2) is 9.34. The first-order chi connectivity index (χ1) is 12.2. The van der Waals surface area contributed by atoms with E-state index >= 15 is 0 Å². The van der Waals surface area contributed by atoms with Crippen molar-refractivity contribution in [1.29, 1.82) is 0 Å². The van der Waals surface area contributed by atoms with Gasteiger partial charge in [0.2, 0.25) is 5.91 Å². The molecule has 0 spiro atoms. The van der Waals surface area contributed by atoms with Crippen LogP contribution in [0.2, 0.25) is 0 Å². The van der Waals surface area contributed by atoms with Crippen LogP contribution in [-0.4, -0.2) is 63.5 Å². The van der Waals surface area contributed by atoms with Crippen molar-refractivity contribution < 1.29 is 17.9 Å². The fourth-order valence-electron chi connectivity index (χ4n) is 2.89. The van der Waals surface area contributed by atoms with E-state index in [0.29, 0.717) is 12.3 Å². The highest BCUT2D eigenvalue weighted by molar-refractivity contribution is 7.90. The summed E-state index contributed by atoms with van der Waals surface area (Å²) in [7, 11) is -3.13. The fraction of sp³-hybridized carbons (Fsp3) is 0.611. The predicted molar refractivity (Wildman–Crippen MR) is 103 cm³/mol. The zero-order chi connectivity index (χ0) is 19.2. The van der Waals surface area contributed by atoms with Crippen LogP contribution in [0, 0.1) is 6.92 Å². The van der Waals surface area contributed by atoms with Crippen molar-refractivity contribution in [3.8, 4) is 5.75 Å². The number of rotatable bonds is 9. The lowest BCUT2D eigenvalue weighted by molar-refractivity contribution is -0.117. The van der Waals surface area contributed by atoms with Gasteiger partial charge in [-0.25, -0.2) is 8.42 Å². The van der Waals surface area contributed by atoms with Gasteiger partial charge >= 0.3 is 0 Å². The average molecular weight is 384 g/mol. The quantitative estimate of drug-likeness (QED) is 0.664. The van der Waals surface area contributed by atoms with E-state index < -0.39 is 21.8 Å². The van der Waals surface area contributed by atoms with Gasteiger partial charge in [0.25, 0.3) is 0 Å². The first-order valence-electron chi connectivity index (χ1n) is 8.94. The summed E-state index contributed by atoms with van der Waals surface area (Å²) >= 11 is 0. The Kier molecular flexibility index (Phi) is 7.43. The molecule has 1 unspecified atom stereocenters. The highest BCUT2D eigenvalue weighted by atomic mass is 32.2. The van der Waals surface area contributed by atoms with E-state index in [-0.39, 0.29) is 12.2 Å². The van der Waals surface area contributed by atoms with Gasteiger partial charge < -0.3 is 15.8 Å². The highest BCUT2D eigenvalue weighted by Gasteiger charge is 2.16. The molecule has 0 bridgehead atoms. The number of benzene rings is 1. The van der Waals surface area contributed by atoms with E-state index in [4.69, 9.17) is 10.5 Å². The van der Waals surface area contributed by atoms with Crippen LogP contribution < -0.4 is 15.8 Å². The Morgan fingerprint density at radius 2 is 2.04 bits per heavy atom. The molecule has 0 aliphatic carbocycles. The largest absolute Gasteiger partial charge is 0.492 e. The van der Waals surface area contributed by atoms with Gasteiger partial charge in [0, 0.05) is 18.5 Å². The van der Waals surface area contributed by atoms with Crippen LogP contribution in [-0.2, 0) is 14.6 Å². The highest BCUT2D eigenvalue weighted by Crippen LogP contribution is 2.22. The second-order valence-electron chi connectivity index (χ2n) is 6.89. The van der Waals surface area contributed by atoms with E-state index in [1.165, 1.54) is 12.8 Å². The molecular weight excluding hydrogens is 354 g/mol. The minimum Gasteiger partial charge on any atom is -0.492 e. The van der Waals surface area contributed by atoms with Gasteiger partial charge in [-0.2, -0.15) is 0 Å². The van der Waals surface area contributed by atoms with E-state index in [9.17, 15) is 13.2 Å². The molecule has 146 valence electrons. The maximum Gasteiger partial charge on any atom is 0.241 e. The number of likely N-dealkylation sites (tertiary alicyclic amines) is 1. The molecule has 2 rings (SSSR count). The molecule has 1 atom stereocenters. The Bertz CT molecular complexity index is 715. The molecule has 1 aliphatic heterocycles. The molecule has 7 nitrogen and oxygen atoms in total. The molecule has 0 radical (unpaired) electrons. The summed E-state index contributed by atoms with van der Waals surface area (Å²) in [6, 6.07) is 4.56. The third-order valence-electron chi connectivity index (χ3n) is 4.44. The normalized spacial score (nSPS) is 16.4. The lowest BCUT2D eigenvalue weighted by Crippen LogP contribution is -2.37. The van der Waals surface area contributed by atoms with Crippen LogP contribution in [0.4, 0.5) is 5.69 Å². The minimum absolute atomic E-state index is 0.0986. The SMILES string of the molecule is Cc1cc(NC(=O)C(N)CCS(C)(=O)=O)ccc1OCCN1CCCC1. The lowest BCUT2D eigenvalue weighted by Gasteiger charge is -2.17. The number of ether oxygens (including phenoxy) is 1. The van der Waals surface area contributed by atoms with Crippen molar-refractivity contribution in [3.05, 3.63) is 23.8 Å². The van der Waals surface area contributed by atoms with Crippen molar-refractivity contribution in [2.24, 2.45) is 5.73 Å². The summed E-state index contributed by atoms with van der Waals surface area (Å²) in [5.74, 6) is 0.295. The molecule has 1 aromatic rings. The van der Waals surface area contributed by atoms with Crippen LogP contribution in [0.15, 0.2) is 18.2 Å². The van der Waals surface area contributed by atoms with Crippen molar-refractivity contribution in [2.75, 3.05) is 43.6 Å². The van der Waals surface area contributed by atoms with Crippen molar-refractivity contribution in [1.82, 2.24) is 4.90 Å². The van der Waals surface area contributed by atoms with Gasteiger partial charge in [0.05, 0.1) is 11.8 Å². The number of carbonyl (C=O) groups is 1. The maximum absolute atomic E-state index is 12.1. The lowest BCUT2D eigenvalue weighted by atomic mass is 10.1. The zero-order valence-corrected chi connectivity index (χ0v) is 16.3. The van der Waals surface area contributed by atoms with Crippen LogP contribution in [0.3, 0.4) is 0 Å². The van der Waals surface area contributed by atoms with Crippen LogP contribution in [0.25, 0.3) is 0 Å². The Balaban J connectivity index is 1.82. The summed E-state index contributed by atoms with van der Waals surface area (Å²) in [5, 5.41) is 2.72. The molecular formula is C18H29N3O4S. The van der Waals surface area contributed by atoms with E-state index in [0.717, 1.165) is 37.2 Å². The molecule has 0 saturated carbocycles. The van der Waals surface area contributed by atoms with Gasteiger partial charge in [0.1, 0.15) is 22.2 Å². The van der Waals surface area contributed by atoms with E-state index in [2.05, 4.69) is 10.2 Å². The monoisotopic (exact) mass is 383 g/mol. The van der Waals surface area contributed by atoms with Crippen LogP contribution in [0.5, 0.6) is 5.75 Å². The third-order valence-corrected chi connectivity index (χ3v) is 5.42. The van der Waals surface area contributed by atoms with Crippen molar-refractivity contribution in [2.45, 2.75) is 32.2 Å². The Morgan fingerprint density at radius 3 is 2.65 bits per heavy atom. The molecule has 1 amide bonds. The molecule has 1 aromatic carbocycles. The molecule has 0 aromatic heterocycles.